The highest BCUT2D eigenvalue weighted by Crippen LogP contribution is 2.29. The highest BCUT2D eigenvalue weighted by Gasteiger charge is 2.40. The number of urea groups is 1. The molecule has 0 aliphatic heterocycles. The molecule has 0 atom stereocenters. The molecule has 6 nitrogen and oxygen atoms in total. The zero-order chi connectivity index (χ0) is 19.1. The highest BCUT2D eigenvalue weighted by molar-refractivity contribution is 6.30. The number of carbonyl (C=O) groups excluding carboxylic acids is 2. The molecule has 3 N–H and O–H groups in total. The summed E-state index contributed by atoms with van der Waals surface area (Å²) in [6, 6.07) is 10.2. The van der Waals surface area contributed by atoms with Gasteiger partial charge in [0, 0.05) is 29.6 Å². The van der Waals surface area contributed by atoms with Crippen LogP contribution in [0.3, 0.4) is 0 Å². The van der Waals surface area contributed by atoms with Crippen molar-refractivity contribution in [1.29, 1.82) is 0 Å². The minimum absolute atomic E-state index is 0.148. The van der Waals surface area contributed by atoms with E-state index in [1.807, 2.05) is 12.1 Å². The van der Waals surface area contributed by atoms with Crippen molar-refractivity contribution >= 4 is 29.2 Å². The molecule has 142 valence electrons. The second-order valence-electron chi connectivity index (χ2n) is 6.77. The summed E-state index contributed by atoms with van der Waals surface area (Å²) < 4.78 is 0. The Morgan fingerprint density at radius 2 is 1.67 bits per heavy atom. The van der Waals surface area contributed by atoms with E-state index in [1.165, 1.54) is 0 Å². The molecule has 1 heterocycles. The molecule has 0 unspecified atom stereocenters. The van der Waals surface area contributed by atoms with E-state index < -0.39 is 11.6 Å². The van der Waals surface area contributed by atoms with Gasteiger partial charge in [0.05, 0.1) is 0 Å². The van der Waals surface area contributed by atoms with Gasteiger partial charge in [-0.25, -0.2) is 4.79 Å². The molecule has 7 heteroatoms. The summed E-state index contributed by atoms with van der Waals surface area (Å²) in [6.45, 7) is 0.406. The van der Waals surface area contributed by atoms with Gasteiger partial charge in [-0.1, -0.05) is 30.9 Å². The van der Waals surface area contributed by atoms with Crippen molar-refractivity contribution < 1.29 is 9.59 Å². The molecule has 0 saturated heterocycles. The molecule has 0 bridgehead atoms. The number of hydrogen-bond acceptors (Lipinski definition) is 3. The zero-order valence-corrected chi connectivity index (χ0v) is 15.8. The van der Waals surface area contributed by atoms with Crippen LogP contribution in [-0.4, -0.2) is 22.5 Å². The zero-order valence-electron chi connectivity index (χ0n) is 15.0. The molecule has 1 aliphatic rings. The predicted molar refractivity (Wildman–Crippen MR) is 106 cm³/mol. The van der Waals surface area contributed by atoms with Crippen LogP contribution in [0.15, 0.2) is 48.8 Å². The molecule has 3 amide bonds. The number of amides is 3. The van der Waals surface area contributed by atoms with Crippen molar-refractivity contribution in [2.75, 3.05) is 5.32 Å². The maximum Gasteiger partial charge on any atom is 0.320 e. The molecule has 3 rings (SSSR count). The van der Waals surface area contributed by atoms with E-state index in [9.17, 15) is 9.59 Å². The lowest BCUT2D eigenvalue weighted by molar-refractivity contribution is -0.128. The van der Waals surface area contributed by atoms with Gasteiger partial charge in [0.15, 0.2) is 0 Å². The van der Waals surface area contributed by atoms with Gasteiger partial charge < -0.3 is 16.0 Å². The first-order chi connectivity index (χ1) is 13.1. The van der Waals surface area contributed by atoms with Crippen LogP contribution in [-0.2, 0) is 11.3 Å². The van der Waals surface area contributed by atoms with Crippen molar-refractivity contribution in [1.82, 2.24) is 15.6 Å². The number of aromatic nitrogens is 1. The fourth-order valence-electron chi connectivity index (χ4n) is 3.33. The standard InChI is InChI=1S/C20H23ClN4O2/c21-16-4-6-17(7-5-16)24-19(27)25-20(10-2-1-3-11-20)18(26)23-14-15-8-12-22-13-9-15/h4-9,12-13H,1-3,10-11,14H2,(H,23,26)(H2,24,25,27). The monoisotopic (exact) mass is 386 g/mol. The Balaban J connectivity index is 1.65. The van der Waals surface area contributed by atoms with Gasteiger partial charge in [0.25, 0.3) is 0 Å². The second-order valence-corrected chi connectivity index (χ2v) is 7.20. The highest BCUT2D eigenvalue weighted by atomic mass is 35.5. The van der Waals surface area contributed by atoms with Crippen LogP contribution < -0.4 is 16.0 Å². The molecule has 1 aromatic heterocycles. The average molecular weight is 387 g/mol. The third kappa shape index (κ3) is 5.20. The number of hydrogen-bond donors (Lipinski definition) is 3. The van der Waals surface area contributed by atoms with Crippen LogP contribution in [0.5, 0.6) is 0 Å². The topological polar surface area (TPSA) is 83.1 Å². The Bertz CT molecular complexity index is 774. The van der Waals surface area contributed by atoms with E-state index in [0.717, 1.165) is 24.8 Å². The van der Waals surface area contributed by atoms with Crippen molar-refractivity contribution in [2.45, 2.75) is 44.2 Å². The first kappa shape index (κ1) is 19.2. The number of halogens is 1. The lowest BCUT2D eigenvalue weighted by Gasteiger charge is -2.36. The summed E-state index contributed by atoms with van der Waals surface area (Å²) in [5.41, 5.74) is 0.705. The minimum atomic E-state index is -0.887. The molecule has 2 aromatic rings. The molecular formula is C20H23ClN4O2. The van der Waals surface area contributed by atoms with E-state index in [1.54, 1.807) is 36.7 Å². The molecule has 0 spiro atoms. The lowest BCUT2D eigenvalue weighted by Crippen LogP contribution is -2.60. The Kier molecular flexibility index (Phi) is 6.29. The minimum Gasteiger partial charge on any atom is -0.350 e. The van der Waals surface area contributed by atoms with E-state index in [2.05, 4.69) is 20.9 Å². The number of nitrogens with one attached hydrogen (secondary N) is 3. The van der Waals surface area contributed by atoms with Crippen LogP contribution in [0.2, 0.25) is 5.02 Å². The number of pyridine rings is 1. The van der Waals surface area contributed by atoms with E-state index in [0.29, 0.717) is 30.1 Å². The predicted octanol–water partition coefficient (Wildman–Crippen LogP) is 3.88. The number of nitrogens with zero attached hydrogens (tertiary/aromatic N) is 1. The fourth-order valence-corrected chi connectivity index (χ4v) is 3.46. The van der Waals surface area contributed by atoms with Crippen LogP contribution in [0.4, 0.5) is 10.5 Å². The van der Waals surface area contributed by atoms with Crippen molar-refractivity contribution in [3.8, 4) is 0 Å². The summed E-state index contributed by atoms with van der Waals surface area (Å²) >= 11 is 5.87. The van der Waals surface area contributed by atoms with Gasteiger partial charge in [0.1, 0.15) is 5.54 Å². The molecular weight excluding hydrogens is 364 g/mol. The Hall–Kier alpha value is -2.60. The molecule has 1 aromatic carbocycles. The SMILES string of the molecule is O=C(Nc1ccc(Cl)cc1)NC1(C(=O)NCc2ccncc2)CCCCC1. The van der Waals surface area contributed by atoms with Crippen molar-refractivity contribution in [2.24, 2.45) is 0 Å². The fraction of sp³-hybridized carbons (Fsp3) is 0.350. The van der Waals surface area contributed by atoms with Crippen molar-refractivity contribution in [3.05, 3.63) is 59.4 Å². The summed E-state index contributed by atoms with van der Waals surface area (Å²) in [4.78, 5) is 29.4. The second kappa shape index (κ2) is 8.86. The quantitative estimate of drug-likeness (QED) is 0.729. The van der Waals surface area contributed by atoms with Gasteiger partial charge in [-0.05, 0) is 54.8 Å². The van der Waals surface area contributed by atoms with Crippen LogP contribution in [0, 0.1) is 0 Å². The molecule has 27 heavy (non-hydrogen) atoms. The summed E-state index contributed by atoms with van der Waals surface area (Å²) in [5, 5.41) is 9.25. The van der Waals surface area contributed by atoms with Crippen molar-refractivity contribution in [3.63, 3.8) is 0 Å². The Labute approximate surface area is 163 Å². The van der Waals surface area contributed by atoms with Gasteiger partial charge >= 0.3 is 6.03 Å². The van der Waals surface area contributed by atoms with E-state index in [-0.39, 0.29) is 5.91 Å². The van der Waals surface area contributed by atoms with Crippen LogP contribution >= 0.6 is 11.6 Å². The third-order valence-electron chi connectivity index (χ3n) is 4.80. The van der Waals surface area contributed by atoms with E-state index >= 15 is 0 Å². The Morgan fingerprint density at radius 3 is 2.33 bits per heavy atom. The summed E-state index contributed by atoms with van der Waals surface area (Å²) in [5.74, 6) is -0.148. The number of anilines is 1. The summed E-state index contributed by atoms with van der Waals surface area (Å²) in [6.07, 6.45) is 7.52. The first-order valence-electron chi connectivity index (χ1n) is 9.09. The van der Waals surface area contributed by atoms with Gasteiger partial charge in [-0.3, -0.25) is 9.78 Å². The average Bonchev–Trinajstić information content (AvgIpc) is 2.69. The Morgan fingerprint density at radius 1 is 1.00 bits per heavy atom. The maximum absolute atomic E-state index is 12.9. The van der Waals surface area contributed by atoms with Crippen LogP contribution in [0.1, 0.15) is 37.7 Å². The molecule has 1 fully saturated rings. The molecule has 1 saturated carbocycles. The number of benzene rings is 1. The third-order valence-corrected chi connectivity index (χ3v) is 5.05. The number of rotatable bonds is 5. The maximum atomic E-state index is 12.9. The molecule has 1 aliphatic carbocycles. The molecule has 0 radical (unpaired) electrons. The van der Waals surface area contributed by atoms with Gasteiger partial charge in [-0.15, -0.1) is 0 Å². The first-order valence-corrected chi connectivity index (χ1v) is 9.47. The largest absolute Gasteiger partial charge is 0.350 e. The van der Waals surface area contributed by atoms with E-state index in [4.69, 9.17) is 11.6 Å². The van der Waals surface area contributed by atoms with Gasteiger partial charge in [0.2, 0.25) is 5.91 Å². The normalized spacial score (nSPS) is 15.6. The lowest BCUT2D eigenvalue weighted by atomic mass is 9.81. The summed E-state index contributed by atoms with van der Waals surface area (Å²) in [7, 11) is 0. The number of carbonyl (C=O) groups is 2. The van der Waals surface area contributed by atoms with Gasteiger partial charge in [-0.2, -0.15) is 0 Å². The van der Waals surface area contributed by atoms with Crippen LogP contribution in [0.25, 0.3) is 0 Å². The smallest absolute Gasteiger partial charge is 0.320 e.